The first-order chi connectivity index (χ1) is 25.2. The smallest absolute Gasteiger partial charge is 0.335 e. The summed E-state index contributed by atoms with van der Waals surface area (Å²) in [5.74, 6) is -10.2. The molecule has 0 heterocycles. The second-order valence-electron chi connectivity index (χ2n) is 13.5. The molecule has 0 bridgehead atoms. The molecule has 0 saturated heterocycles. The van der Waals surface area contributed by atoms with Crippen LogP contribution in [0.15, 0.2) is 71.6 Å². The third kappa shape index (κ3) is 8.21. The van der Waals surface area contributed by atoms with Gasteiger partial charge < -0.3 is 14.7 Å². The molecule has 2 saturated carbocycles. The molecule has 1 N–H and O–H groups in total. The highest BCUT2D eigenvalue weighted by Gasteiger charge is 2.36. The van der Waals surface area contributed by atoms with E-state index in [1.165, 1.54) is 47.4 Å². The van der Waals surface area contributed by atoms with Crippen LogP contribution < -0.4 is 9.64 Å². The summed E-state index contributed by atoms with van der Waals surface area (Å²) in [6.07, 6.45) is 3.56. The first-order valence-corrected chi connectivity index (χ1v) is 18.4. The Labute approximate surface area is 304 Å². The van der Waals surface area contributed by atoms with Crippen molar-refractivity contribution < 1.29 is 45.4 Å². The van der Waals surface area contributed by atoms with Crippen molar-refractivity contribution in [3.8, 4) is 11.8 Å². The number of ether oxygens (including phenoxy) is 1. The number of nitrogens with zero attached hydrogens (tertiary/aromatic N) is 3. The van der Waals surface area contributed by atoms with Crippen LogP contribution in [0.3, 0.4) is 0 Å². The van der Waals surface area contributed by atoms with E-state index in [2.05, 4.69) is 6.07 Å². The molecule has 6 rings (SSSR count). The minimum atomic E-state index is -5.32. The van der Waals surface area contributed by atoms with Crippen LogP contribution >= 0.6 is 0 Å². The van der Waals surface area contributed by atoms with Crippen LogP contribution in [0.1, 0.15) is 89.5 Å². The lowest BCUT2D eigenvalue weighted by Gasteiger charge is -2.30. The average Bonchev–Trinajstić information content (AvgIpc) is 4.05. The molecule has 9 nitrogen and oxygen atoms in total. The number of hydrogen-bond acceptors (Lipinski definition) is 6. The predicted octanol–water partition coefficient (Wildman–Crippen LogP) is 7.78. The standard InChI is InChI=1S/C39H35F4N3O6S/c1-22(2)52-33-16-26(39(48)49)11-12-32(33)46(19-23-13-29(24-7-8-24)15-30(14-23)25-9-10-25)35(47)21-45(20-28-6-4-3-5-27(28)18-44)53(50,51)34-17-31(40)36(41)38(43)37(34)42/h3-6,11-17,22,24-25H,7-10,19-21H2,1-2H3,(H,48,49). The van der Waals surface area contributed by atoms with Crippen LogP contribution in [0.4, 0.5) is 23.2 Å². The zero-order chi connectivity index (χ0) is 38.2. The summed E-state index contributed by atoms with van der Waals surface area (Å²) in [4.78, 5) is 26.2. The van der Waals surface area contributed by atoms with Crippen molar-refractivity contribution in [3.63, 3.8) is 0 Å². The van der Waals surface area contributed by atoms with Gasteiger partial charge >= 0.3 is 5.97 Å². The molecule has 1 amide bonds. The summed E-state index contributed by atoms with van der Waals surface area (Å²) >= 11 is 0. The van der Waals surface area contributed by atoms with Gasteiger partial charge in [-0.05, 0) is 97.9 Å². The number of nitriles is 1. The van der Waals surface area contributed by atoms with Gasteiger partial charge in [-0.25, -0.2) is 30.8 Å². The number of carbonyl (C=O) groups is 2. The maximum absolute atomic E-state index is 15.1. The summed E-state index contributed by atoms with van der Waals surface area (Å²) in [7, 11) is -5.32. The lowest BCUT2D eigenvalue weighted by molar-refractivity contribution is -0.119. The van der Waals surface area contributed by atoms with Gasteiger partial charge in [0.05, 0.1) is 42.1 Å². The van der Waals surface area contributed by atoms with E-state index in [-0.39, 0.29) is 40.7 Å². The van der Waals surface area contributed by atoms with E-state index in [1.807, 2.05) is 18.2 Å². The predicted molar refractivity (Wildman–Crippen MR) is 186 cm³/mol. The van der Waals surface area contributed by atoms with Crippen molar-refractivity contribution in [2.45, 2.75) is 75.5 Å². The molecule has 4 aromatic rings. The van der Waals surface area contributed by atoms with Gasteiger partial charge in [-0.15, -0.1) is 0 Å². The molecule has 4 aromatic carbocycles. The number of halogens is 4. The highest BCUT2D eigenvalue weighted by atomic mass is 32.2. The van der Waals surface area contributed by atoms with Crippen LogP contribution in [0.5, 0.6) is 5.75 Å². The second-order valence-corrected chi connectivity index (χ2v) is 15.4. The lowest BCUT2D eigenvalue weighted by Crippen LogP contribution is -2.43. The third-order valence-corrected chi connectivity index (χ3v) is 10.9. The van der Waals surface area contributed by atoms with Crippen molar-refractivity contribution >= 4 is 27.6 Å². The van der Waals surface area contributed by atoms with Crippen LogP contribution in [0, 0.1) is 34.6 Å². The number of aromatic carboxylic acids is 1. The zero-order valence-corrected chi connectivity index (χ0v) is 29.6. The Hall–Kier alpha value is -5.26. The largest absolute Gasteiger partial charge is 0.489 e. The third-order valence-electron chi connectivity index (χ3n) is 9.12. The number of anilines is 1. The molecule has 0 unspecified atom stereocenters. The minimum absolute atomic E-state index is 0.00346. The van der Waals surface area contributed by atoms with Crippen LogP contribution in [0.25, 0.3) is 0 Å². The molecule has 53 heavy (non-hydrogen) atoms. The van der Waals surface area contributed by atoms with Crippen LogP contribution in [-0.4, -0.2) is 42.4 Å². The van der Waals surface area contributed by atoms with Crippen LogP contribution in [-0.2, 0) is 27.9 Å². The SMILES string of the molecule is CC(C)Oc1cc(C(=O)O)ccc1N(Cc1cc(C2CC2)cc(C2CC2)c1)C(=O)CN(Cc1ccccc1C#N)S(=O)(=O)c1cc(F)c(F)c(F)c1F. The van der Waals surface area contributed by atoms with Gasteiger partial charge in [-0.3, -0.25) is 4.79 Å². The molecular formula is C39H35F4N3O6S. The maximum Gasteiger partial charge on any atom is 0.335 e. The monoisotopic (exact) mass is 749 g/mol. The molecule has 2 fully saturated rings. The minimum Gasteiger partial charge on any atom is -0.489 e. The fourth-order valence-electron chi connectivity index (χ4n) is 6.15. The number of carboxylic acid groups (broad SMARTS) is 1. The van der Waals surface area contributed by atoms with Crippen molar-refractivity contribution in [1.82, 2.24) is 4.31 Å². The highest BCUT2D eigenvalue weighted by molar-refractivity contribution is 7.89. The molecule has 0 radical (unpaired) electrons. The maximum atomic E-state index is 15.1. The first-order valence-electron chi connectivity index (χ1n) is 17.0. The normalized spacial score (nSPS) is 14.3. The Morgan fingerprint density at radius 3 is 2.11 bits per heavy atom. The average molecular weight is 750 g/mol. The van der Waals surface area contributed by atoms with Gasteiger partial charge in [0, 0.05) is 12.6 Å². The van der Waals surface area contributed by atoms with Crippen molar-refractivity contribution in [2.24, 2.45) is 0 Å². The molecule has 0 atom stereocenters. The summed E-state index contributed by atoms with van der Waals surface area (Å²) in [6, 6.07) is 17.7. The Morgan fingerprint density at radius 2 is 1.53 bits per heavy atom. The summed E-state index contributed by atoms with van der Waals surface area (Å²) < 4.78 is 92.5. The van der Waals surface area contributed by atoms with E-state index < -0.39 is 69.3 Å². The van der Waals surface area contributed by atoms with E-state index in [9.17, 15) is 41.5 Å². The zero-order valence-electron chi connectivity index (χ0n) is 28.8. The topological polar surface area (TPSA) is 128 Å². The molecule has 276 valence electrons. The number of hydrogen-bond donors (Lipinski definition) is 1. The first kappa shape index (κ1) is 37.5. The Balaban J connectivity index is 1.48. The number of carboxylic acids is 1. The Kier molecular flexibility index (Phi) is 10.6. The van der Waals surface area contributed by atoms with Gasteiger partial charge in [0.15, 0.2) is 23.3 Å². The Bertz CT molecular complexity index is 2220. The molecule has 0 spiro atoms. The summed E-state index contributed by atoms with van der Waals surface area (Å²) in [6.45, 7) is 1.49. The molecular weight excluding hydrogens is 715 g/mol. The van der Waals surface area contributed by atoms with Crippen molar-refractivity contribution in [1.29, 1.82) is 5.26 Å². The van der Waals surface area contributed by atoms with E-state index >= 15 is 4.39 Å². The van der Waals surface area contributed by atoms with Crippen molar-refractivity contribution in [2.75, 3.05) is 11.4 Å². The molecule has 2 aliphatic rings. The van der Waals surface area contributed by atoms with Gasteiger partial charge in [0.25, 0.3) is 0 Å². The fourth-order valence-corrected chi connectivity index (χ4v) is 7.58. The van der Waals surface area contributed by atoms with Crippen LogP contribution in [0.2, 0.25) is 0 Å². The number of sulfonamides is 1. The lowest BCUT2D eigenvalue weighted by atomic mass is 9.99. The van der Waals surface area contributed by atoms with Gasteiger partial charge in [0.2, 0.25) is 15.9 Å². The van der Waals surface area contributed by atoms with E-state index in [0.717, 1.165) is 36.8 Å². The van der Waals surface area contributed by atoms with E-state index in [0.29, 0.717) is 21.7 Å². The summed E-state index contributed by atoms with van der Waals surface area (Å²) in [5, 5.41) is 19.5. The van der Waals surface area contributed by atoms with E-state index in [4.69, 9.17) is 4.74 Å². The number of benzene rings is 4. The highest BCUT2D eigenvalue weighted by Crippen LogP contribution is 2.46. The molecule has 0 aliphatic heterocycles. The number of amides is 1. The van der Waals surface area contributed by atoms with Gasteiger partial charge in [0.1, 0.15) is 10.6 Å². The Morgan fingerprint density at radius 1 is 0.887 bits per heavy atom. The van der Waals surface area contributed by atoms with Gasteiger partial charge in [-0.1, -0.05) is 36.4 Å². The van der Waals surface area contributed by atoms with E-state index in [1.54, 1.807) is 13.8 Å². The second kappa shape index (κ2) is 15.0. The quantitative estimate of drug-likeness (QED) is 0.0793. The molecule has 2 aliphatic carbocycles. The fraction of sp³-hybridized carbons (Fsp3) is 0.308. The van der Waals surface area contributed by atoms with Crippen molar-refractivity contribution in [3.05, 3.63) is 123 Å². The molecule has 14 heteroatoms. The summed E-state index contributed by atoms with van der Waals surface area (Å²) in [5.41, 5.74) is 2.96. The van der Waals surface area contributed by atoms with Gasteiger partial charge in [-0.2, -0.15) is 9.57 Å². The number of carbonyl (C=O) groups excluding carboxylic acids is 1. The number of rotatable bonds is 14. The molecule has 0 aromatic heterocycles.